The highest BCUT2D eigenvalue weighted by Crippen LogP contribution is 2.56. The van der Waals surface area contributed by atoms with Crippen LogP contribution in [0.3, 0.4) is 0 Å². The van der Waals surface area contributed by atoms with Gasteiger partial charge in [0.2, 0.25) is 5.91 Å². The predicted octanol–water partition coefficient (Wildman–Crippen LogP) is 0.422. The molecule has 1 amide bonds. The standard InChI is InChI=1S/C13H23N3O/c1-15-6-8-16(9-7-15)11(17)12-2-4-13(14,10-12)5-3-12/h2-10,14H2,1H3. The van der Waals surface area contributed by atoms with E-state index in [1.165, 1.54) is 0 Å². The molecule has 4 nitrogen and oxygen atoms in total. The van der Waals surface area contributed by atoms with Crippen molar-refractivity contribution in [1.82, 2.24) is 9.80 Å². The first-order chi connectivity index (χ1) is 8.03. The summed E-state index contributed by atoms with van der Waals surface area (Å²) in [6.45, 7) is 3.81. The third-order valence-electron chi connectivity index (χ3n) is 5.14. The summed E-state index contributed by atoms with van der Waals surface area (Å²) in [7, 11) is 2.12. The lowest BCUT2D eigenvalue weighted by Gasteiger charge is -2.38. The van der Waals surface area contributed by atoms with E-state index >= 15 is 0 Å². The number of piperazine rings is 1. The Labute approximate surface area is 103 Å². The molecule has 0 aromatic heterocycles. The second-order valence-electron chi connectivity index (χ2n) is 6.41. The zero-order valence-electron chi connectivity index (χ0n) is 10.7. The second-order valence-corrected chi connectivity index (χ2v) is 6.41. The molecule has 0 spiro atoms. The lowest BCUT2D eigenvalue weighted by Crippen LogP contribution is -2.51. The number of hydrogen-bond donors (Lipinski definition) is 1. The van der Waals surface area contributed by atoms with Crippen LogP contribution in [0.1, 0.15) is 32.1 Å². The van der Waals surface area contributed by atoms with E-state index < -0.39 is 0 Å². The van der Waals surface area contributed by atoms with Gasteiger partial charge in [0.05, 0.1) is 5.41 Å². The molecule has 2 aliphatic carbocycles. The van der Waals surface area contributed by atoms with E-state index in [1.54, 1.807) is 0 Å². The maximum atomic E-state index is 12.7. The predicted molar refractivity (Wildman–Crippen MR) is 66.5 cm³/mol. The average Bonchev–Trinajstić information content (AvgIpc) is 2.84. The molecule has 2 bridgehead atoms. The third kappa shape index (κ3) is 1.78. The van der Waals surface area contributed by atoms with Gasteiger partial charge in [-0.15, -0.1) is 0 Å². The topological polar surface area (TPSA) is 49.6 Å². The van der Waals surface area contributed by atoms with Gasteiger partial charge in [0, 0.05) is 31.7 Å². The fraction of sp³-hybridized carbons (Fsp3) is 0.923. The van der Waals surface area contributed by atoms with Gasteiger partial charge in [0.15, 0.2) is 0 Å². The van der Waals surface area contributed by atoms with Gasteiger partial charge < -0.3 is 15.5 Å². The van der Waals surface area contributed by atoms with Crippen molar-refractivity contribution in [2.75, 3.05) is 33.2 Å². The van der Waals surface area contributed by atoms with Crippen molar-refractivity contribution in [3.8, 4) is 0 Å². The number of nitrogens with zero attached hydrogens (tertiary/aromatic N) is 2. The number of fused-ring (bicyclic) bond motifs is 2. The van der Waals surface area contributed by atoms with E-state index in [2.05, 4.69) is 16.8 Å². The minimum Gasteiger partial charge on any atom is -0.340 e. The maximum Gasteiger partial charge on any atom is 0.228 e. The van der Waals surface area contributed by atoms with Crippen molar-refractivity contribution in [2.45, 2.75) is 37.6 Å². The Morgan fingerprint density at radius 3 is 2.12 bits per heavy atom. The Kier molecular flexibility index (Phi) is 2.49. The number of rotatable bonds is 1. The minimum atomic E-state index is -0.0787. The van der Waals surface area contributed by atoms with Crippen LogP contribution in [0.4, 0.5) is 0 Å². The van der Waals surface area contributed by atoms with Crippen LogP contribution < -0.4 is 5.73 Å². The molecule has 1 aliphatic heterocycles. The highest BCUT2D eigenvalue weighted by Gasteiger charge is 2.57. The molecule has 2 N–H and O–H groups in total. The average molecular weight is 237 g/mol. The van der Waals surface area contributed by atoms with Crippen molar-refractivity contribution < 1.29 is 4.79 Å². The Bertz CT molecular complexity index is 326. The molecule has 0 aromatic rings. The largest absolute Gasteiger partial charge is 0.340 e. The molecule has 3 fully saturated rings. The van der Waals surface area contributed by atoms with Crippen LogP contribution in [0.15, 0.2) is 0 Å². The monoisotopic (exact) mass is 237 g/mol. The lowest BCUT2D eigenvalue weighted by molar-refractivity contribution is -0.143. The molecule has 4 heteroatoms. The van der Waals surface area contributed by atoms with E-state index in [1.807, 2.05) is 0 Å². The molecular formula is C13H23N3O. The summed E-state index contributed by atoms with van der Waals surface area (Å²) in [4.78, 5) is 17.1. The van der Waals surface area contributed by atoms with E-state index in [0.717, 1.165) is 58.3 Å². The summed E-state index contributed by atoms with van der Waals surface area (Å²) in [5.74, 6) is 0.399. The molecule has 0 aromatic carbocycles. The van der Waals surface area contributed by atoms with Crippen LogP contribution in [0, 0.1) is 5.41 Å². The van der Waals surface area contributed by atoms with Crippen LogP contribution in [0.5, 0.6) is 0 Å². The molecule has 3 rings (SSSR count). The number of carbonyl (C=O) groups excluding carboxylic acids is 1. The van der Waals surface area contributed by atoms with Crippen molar-refractivity contribution in [3.63, 3.8) is 0 Å². The molecule has 2 saturated carbocycles. The van der Waals surface area contributed by atoms with Crippen molar-refractivity contribution in [2.24, 2.45) is 11.1 Å². The summed E-state index contributed by atoms with van der Waals surface area (Å²) in [6.07, 6.45) is 5.08. The Hall–Kier alpha value is -0.610. The number of amides is 1. The van der Waals surface area contributed by atoms with Crippen LogP contribution in [0.25, 0.3) is 0 Å². The normalized spacial score (nSPS) is 42.1. The minimum absolute atomic E-state index is 0.0117. The molecule has 17 heavy (non-hydrogen) atoms. The summed E-state index contributed by atoms with van der Waals surface area (Å²) < 4.78 is 0. The van der Waals surface area contributed by atoms with Gasteiger partial charge in [-0.05, 0) is 39.2 Å². The lowest BCUT2D eigenvalue weighted by atomic mass is 9.82. The number of hydrogen-bond acceptors (Lipinski definition) is 3. The quantitative estimate of drug-likeness (QED) is 0.719. The van der Waals surface area contributed by atoms with Crippen molar-refractivity contribution >= 4 is 5.91 Å². The molecule has 1 saturated heterocycles. The number of nitrogens with two attached hydrogens (primary N) is 1. The van der Waals surface area contributed by atoms with Gasteiger partial charge in [-0.1, -0.05) is 0 Å². The first-order valence-corrected chi connectivity index (χ1v) is 6.80. The summed E-state index contributed by atoms with van der Waals surface area (Å²) in [5, 5.41) is 0. The first-order valence-electron chi connectivity index (χ1n) is 6.80. The fourth-order valence-corrected chi connectivity index (χ4v) is 3.89. The highest BCUT2D eigenvalue weighted by atomic mass is 16.2. The number of likely N-dealkylation sites (N-methyl/N-ethyl adjacent to an activating group) is 1. The Morgan fingerprint density at radius 1 is 1.06 bits per heavy atom. The first kappa shape index (κ1) is 11.5. The van der Waals surface area contributed by atoms with Crippen LogP contribution in [-0.4, -0.2) is 54.5 Å². The van der Waals surface area contributed by atoms with Gasteiger partial charge >= 0.3 is 0 Å². The van der Waals surface area contributed by atoms with Crippen molar-refractivity contribution in [3.05, 3.63) is 0 Å². The van der Waals surface area contributed by atoms with Gasteiger partial charge in [0.1, 0.15) is 0 Å². The smallest absolute Gasteiger partial charge is 0.228 e. The van der Waals surface area contributed by atoms with Gasteiger partial charge in [-0.25, -0.2) is 0 Å². The van der Waals surface area contributed by atoms with E-state index in [9.17, 15) is 4.79 Å². The van der Waals surface area contributed by atoms with Crippen molar-refractivity contribution in [1.29, 1.82) is 0 Å². The summed E-state index contributed by atoms with van der Waals surface area (Å²) in [6, 6.07) is 0. The van der Waals surface area contributed by atoms with E-state index in [4.69, 9.17) is 5.73 Å². The summed E-state index contributed by atoms with van der Waals surface area (Å²) >= 11 is 0. The van der Waals surface area contributed by atoms with Crippen LogP contribution in [-0.2, 0) is 4.79 Å². The zero-order chi connectivity index (χ0) is 12.1. The molecule has 3 aliphatic rings. The highest BCUT2D eigenvalue weighted by molar-refractivity contribution is 5.84. The van der Waals surface area contributed by atoms with Crippen LogP contribution in [0.2, 0.25) is 0 Å². The number of carbonyl (C=O) groups is 1. The molecule has 96 valence electrons. The maximum absolute atomic E-state index is 12.7. The Morgan fingerprint density at radius 2 is 1.65 bits per heavy atom. The molecule has 0 radical (unpaired) electrons. The zero-order valence-corrected chi connectivity index (χ0v) is 10.7. The van der Waals surface area contributed by atoms with E-state index in [-0.39, 0.29) is 11.0 Å². The van der Waals surface area contributed by atoms with E-state index in [0.29, 0.717) is 5.91 Å². The third-order valence-corrected chi connectivity index (χ3v) is 5.14. The molecular weight excluding hydrogens is 214 g/mol. The van der Waals surface area contributed by atoms with Gasteiger partial charge in [-0.3, -0.25) is 4.79 Å². The van der Waals surface area contributed by atoms with Gasteiger partial charge in [-0.2, -0.15) is 0 Å². The van der Waals surface area contributed by atoms with Crippen LogP contribution >= 0.6 is 0 Å². The fourth-order valence-electron chi connectivity index (χ4n) is 3.89. The molecule has 0 unspecified atom stereocenters. The second kappa shape index (κ2) is 3.69. The Balaban J connectivity index is 1.71. The SMILES string of the molecule is CN1CCN(C(=O)C23CCC(N)(CC2)C3)CC1. The summed E-state index contributed by atoms with van der Waals surface area (Å²) in [5.41, 5.74) is 6.21. The molecule has 1 heterocycles. The van der Waals surface area contributed by atoms with Gasteiger partial charge in [0.25, 0.3) is 0 Å². The molecule has 0 atom stereocenters.